The van der Waals surface area contributed by atoms with Crippen LogP contribution in [0.5, 0.6) is 0 Å². The summed E-state index contributed by atoms with van der Waals surface area (Å²) in [7, 11) is 0. The summed E-state index contributed by atoms with van der Waals surface area (Å²) >= 11 is 0. The third-order valence-corrected chi connectivity index (χ3v) is 4.25. The van der Waals surface area contributed by atoms with E-state index in [9.17, 15) is 4.39 Å². The second-order valence-corrected chi connectivity index (χ2v) is 6.02. The number of para-hydroxylation sites is 1. The topological polar surface area (TPSA) is 43.9 Å². The van der Waals surface area contributed by atoms with Gasteiger partial charge in [0.25, 0.3) is 5.89 Å². The monoisotopic (exact) mass is 335 g/mol. The molecular weight excluding hydrogens is 317 g/mol. The van der Waals surface area contributed by atoms with Crippen molar-refractivity contribution in [3.63, 3.8) is 0 Å². The number of aromatic nitrogens is 3. The molecule has 25 heavy (non-hydrogen) atoms. The van der Waals surface area contributed by atoms with Crippen molar-refractivity contribution >= 4 is 10.9 Å². The molecule has 4 aromatic rings. The Labute approximate surface area is 144 Å². The number of halogens is 1. The fraction of sp³-hybridized carbons (Fsp3) is 0.200. The molecule has 4 rings (SSSR count). The molecular formula is C20H18FN3O. The highest BCUT2D eigenvalue weighted by Crippen LogP contribution is 2.29. The van der Waals surface area contributed by atoms with Gasteiger partial charge in [0.15, 0.2) is 0 Å². The molecule has 0 radical (unpaired) electrons. The number of hydrogen-bond acceptors (Lipinski definition) is 3. The van der Waals surface area contributed by atoms with Crippen molar-refractivity contribution < 1.29 is 8.81 Å². The van der Waals surface area contributed by atoms with E-state index in [1.807, 2.05) is 41.0 Å². The zero-order chi connectivity index (χ0) is 17.2. The zero-order valence-electron chi connectivity index (χ0n) is 13.9. The zero-order valence-corrected chi connectivity index (χ0v) is 13.9. The van der Waals surface area contributed by atoms with Crippen LogP contribution in [-0.2, 0) is 13.0 Å². The summed E-state index contributed by atoms with van der Waals surface area (Å²) < 4.78 is 22.0. The van der Waals surface area contributed by atoms with Gasteiger partial charge in [-0.15, -0.1) is 10.2 Å². The van der Waals surface area contributed by atoms with Gasteiger partial charge in [-0.25, -0.2) is 4.39 Å². The summed E-state index contributed by atoms with van der Waals surface area (Å²) in [5.41, 5.74) is 2.44. The molecule has 0 N–H and O–H groups in total. The normalized spacial score (nSPS) is 11.3. The van der Waals surface area contributed by atoms with Gasteiger partial charge in [-0.3, -0.25) is 0 Å². The fourth-order valence-electron chi connectivity index (χ4n) is 3.03. The van der Waals surface area contributed by atoms with Crippen LogP contribution in [0.4, 0.5) is 4.39 Å². The number of rotatable bonds is 5. The Bertz CT molecular complexity index is 1020. The molecule has 0 fully saturated rings. The molecule has 0 saturated heterocycles. The van der Waals surface area contributed by atoms with Crippen LogP contribution < -0.4 is 0 Å². The lowest BCUT2D eigenvalue weighted by molar-refractivity contribution is 0.498. The first-order valence-electron chi connectivity index (χ1n) is 8.40. The molecule has 0 saturated carbocycles. The molecule has 0 spiro atoms. The summed E-state index contributed by atoms with van der Waals surface area (Å²) in [5.74, 6) is 0.875. The molecule has 0 aliphatic rings. The standard InChI is InChI=1S/C20H18FN3O/c1-2-7-19-22-23-20(25-19)18-12-14-8-4-6-11-17(14)24(18)13-15-9-3-5-10-16(15)21/h3-6,8-12H,2,7,13H2,1H3. The van der Waals surface area contributed by atoms with E-state index in [0.29, 0.717) is 23.9 Å². The van der Waals surface area contributed by atoms with Crippen LogP contribution in [0.1, 0.15) is 24.8 Å². The molecule has 0 aliphatic carbocycles. The lowest BCUT2D eigenvalue weighted by Crippen LogP contribution is -2.03. The number of fused-ring (bicyclic) bond motifs is 1. The molecule has 0 unspecified atom stereocenters. The predicted octanol–water partition coefficient (Wildman–Crippen LogP) is 4.83. The van der Waals surface area contributed by atoms with Gasteiger partial charge >= 0.3 is 0 Å². The van der Waals surface area contributed by atoms with Crippen molar-refractivity contribution in [3.8, 4) is 11.6 Å². The van der Waals surface area contributed by atoms with Crippen LogP contribution in [0.25, 0.3) is 22.5 Å². The molecule has 2 heterocycles. The van der Waals surface area contributed by atoms with Gasteiger partial charge in [0.1, 0.15) is 11.5 Å². The summed E-state index contributed by atoms with van der Waals surface area (Å²) in [6.45, 7) is 2.47. The highest BCUT2D eigenvalue weighted by molar-refractivity contribution is 5.85. The minimum atomic E-state index is -0.219. The van der Waals surface area contributed by atoms with Gasteiger partial charge in [-0.2, -0.15) is 0 Å². The van der Waals surface area contributed by atoms with Gasteiger partial charge in [0.2, 0.25) is 5.89 Å². The Hall–Kier alpha value is -2.95. The van der Waals surface area contributed by atoms with Crippen molar-refractivity contribution in [1.29, 1.82) is 0 Å². The van der Waals surface area contributed by atoms with Crippen molar-refractivity contribution in [2.24, 2.45) is 0 Å². The van der Waals surface area contributed by atoms with E-state index in [-0.39, 0.29) is 5.82 Å². The van der Waals surface area contributed by atoms with Crippen LogP contribution in [0.2, 0.25) is 0 Å². The maximum atomic E-state index is 14.2. The number of aryl methyl sites for hydroxylation is 1. The summed E-state index contributed by atoms with van der Waals surface area (Å²) in [6.07, 6.45) is 1.69. The predicted molar refractivity (Wildman–Crippen MR) is 94.7 cm³/mol. The minimum Gasteiger partial charge on any atom is -0.419 e. The van der Waals surface area contributed by atoms with Crippen LogP contribution in [-0.4, -0.2) is 14.8 Å². The Balaban J connectivity index is 1.84. The lowest BCUT2D eigenvalue weighted by Gasteiger charge is -2.09. The first-order valence-corrected chi connectivity index (χ1v) is 8.40. The first-order chi connectivity index (χ1) is 12.3. The molecule has 5 heteroatoms. The molecule has 2 aromatic heterocycles. The van der Waals surface area contributed by atoms with Gasteiger partial charge < -0.3 is 8.98 Å². The van der Waals surface area contributed by atoms with Gasteiger partial charge in [0, 0.05) is 22.9 Å². The first kappa shape index (κ1) is 15.6. The van der Waals surface area contributed by atoms with E-state index in [2.05, 4.69) is 17.1 Å². The largest absolute Gasteiger partial charge is 0.419 e. The van der Waals surface area contributed by atoms with Crippen LogP contribution >= 0.6 is 0 Å². The Morgan fingerprint density at radius 1 is 1.04 bits per heavy atom. The van der Waals surface area contributed by atoms with Crippen LogP contribution in [0.15, 0.2) is 59.0 Å². The average Bonchev–Trinajstić information content (AvgIpc) is 3.22. The summed E-state index contributed by atoms with van der Waals surface area (Å²) in [4.78, 5) is 0. The van der Waals surface area contributed by atoms with E-state index in [4.69, 9.17) is 4.42 Å². The highest BCUT2D eigenvalue weighted by Gasteiger charge is 2.17. The second kappa shape index (κ2) is 6.51. The maximum Gasteiger partial charge on any atom is 0.264 e. The van der Waals surface area contributed by atoms with E-state index >= 15 is 0 Å². The minimum absolute atomic E-state index is 0.219. The molecule has 2 aromatic carbocycles. The molecule has 0 amide bonds. The molecule has 0 atom stereocenters. The third kappa shape index (κ3) is 2.93. The smallest absolute Gasteiger partial charge is 0.264 e. The Kier molecular flexibility index (Phi) is 4.06. The Morgan fingerprint density at radius 3 is 2.68 bits per heavy atom. The molecule has 0 aliphatic heterocycles. The average molecular weight is 335 g/mol. The van der Waals surface area contributed by atoms with Gasteiger partial charge in [0.05, 0.1) is 6.54 Å². The van der Waals surface area contributed by atoms with E-state index in [1.54, 1.807) is 12.1 Å². The van der Waals surface area contributed by atoms with Crippen molar-refractivity contribution in [1.82, 2.24) is 14.8 Å². The van der Waals surface area contributed by atoms with E-state index in [0.717, 1.165) is 29.4 Å². The second-order valence-electron chi connectivity index (χ2n) is 6.02. The maximum absolute atomic E-state index is 14.2. The number of hydrogen-bond donors (Lipinski definition) is 0. The van der Waals surface area contributed by atoms with Gasteiger partial charge in [-0.1, -0.05) is 43.3 Å². The van der Waals surface area contributed by atoms with Gasteiger partial charge in [-0.05, 0) is 24.6 Å². The van der Waals surface area contributed by atoms with Crippen molar-refractivity contribution in [3.05, 3.63) is 71.9 Å². The molecule has 4 nitrogen and oxygen atoms in total. The van der Waals surface area contributed by atoms with E-state index in [1.165, 1.54) is 6.07 Å². The third-order valence-electron chi connectivity index (χ3n) is 4.25. The SMILES string of the molecule is CCCc1nnc(-c2cc3ccccc3n2Cc2ccccc2F)o1. The Morgan fingerprint density at radius 2 is 1.84 bits per heavy atom. The number of benzene rings is 2. The summed E-state index contributed by atoms with van der Waals surface area (Å²) in [6, 6.07) is 16.8. The van der Waals surface area contributed by atoms with Crippen molar-refractivity contribution in [2.45, 2.75) is 26.3 Å². The van der Waals surface area contributed by atoms with Crippen LogP contribution in [0.3, 0.4) is 0 Å². The highest BCUT2D eigenvalue weighted by atomic mass is 19.1. The quantitative estimate of drug-likeness (QED) is 0.524. The van der Waals surface area contributed by atoms with Crippen molar-refractivity contribution in [2.75, 3.05) is 0 Å². The lowest BCUT2D eigenvalue weighted by atomic mass is 10.2. The summed E-state index contributed by atoms with van der Waals surface area (Å²) in [5, 5.41) is 9.37. The number of nitrogens with zero attached hydrogens (tertiary/aromatic N) is 3. The van der Waals surface area contributed by atoms with Crippen LogP contribution in [0, 0.1) is 5.82 Å². The fourth-order valence-corrected chi connectivity index (χ4v) is 3.03. The van der Waals surface area contributed by atoms with E-state index < -0.39 is 0 Å². The molecule has 126 valence electrons. The molecule has 0 bridgehead atoms.